The number of carbonyl (C=O) groups is 2. The van der Waals surface area contributed by atoms with Crippen molar-refractivity contribution in [2.24, 2.45) is 23.2 Å². The Morgan fingerprint density at radius 2 is 2.30 bits per heavy atom. The summed E-state index contributed by atoms with van der Waals surface area (Å²) in [6, 6.07) is 0. The molecule has 1 aliphatic heterocycles. The predicted molar refractivity (Wildman–Crippen MR) is 85.6 cm³/mol. The van der Waals surface area contributed by atoms with Crippen LogP contribution in [0.15, 0.2) is 12.2 Å². The quantitative estimate of drug-likeness (QED) is 0.634. The summed E-state index contributed by atoms with van der Waals surface area (Å²) in [7, 11) is 1.36. The van der Waals surface area contributed by atoms with Crippen molar-refractivity contribution in [1.82, 2.24) is 5.32 Å². The zero-order valence-corrected chi connectivity index (χ0v) is 14.1. The molecule has 0 radical (unpaired) electrons. The minimum absolute atomic E-state index is 0.0274. The summed E-state index contributed by atoms with van der Waals surface area (Å²) in [6.07, 6.45) is 5.46. The summed E-state index contributed by atoms with van der Waals surface area (Å²) in [5, 5.41) is 3.04. The Balaban J connectivity index is 1.67. The third kappa shape index (κ3) is 3.03. The van der Waals surface area contributed by atoms with Crippen LogP contribution in [0, 0.1) is 23.2 Å². The molecule has 3 rings (SSSR count). The van der Waals surface area contributed by atoms with Gasteiger partial charge < -0.3 is 14.8 Å². The Morgan fingerprint density at radius 3 is 3.04 bits per heavy atom. The van der Waals surface area contributed by atoms with Crippen LogP contribution in [0.2, 0.25) is 0 Å². The normalized spacial score (nSPS) is 39.4. The molecule has 0 aromatic carbocycles. The zero-order valence-electron chi connectivity index (χ0n) is 14.1. The van der Waals surface area contributed by atoms with Gasteiger partial charge in [-0.2, -0.15) is 0 Å². The van der Waals surface area contributed by atoms with Gasteiger partial charge in [-0.05, 0) is 43.4 Å². The smallest absolute Gasteiger partial charge is 0.319 e. The zero-order chi connectivity index (χ0) is 16.6. The summed E-state index contributed by atoms with van der Waals surface area (Å²) < 4.78 is 10.3. The topological polar surface area (TPSA) is 64.6 Å². The Kier molecular flexibility index (Phi) is 4.50. The van der Waals surface area contributed by atoms with E-state index in [4.69, 9.17) is 4.74 Å². The van der Waals surface area contributed by atoms with Gasteiger partial charge in [-0.3, -0.25) is 9.59 Å². The van der Waals surface area contributed by atoms with Crippen molar-refractivity contribution in [3.8, 4) is 0 Å². The van der Waals surface area contributed by atoms with Crippen molar-refractivity contribution < 1.29 is 19.1 Å². The van der Waals surface area contributed by atoms with E-state index in [1.54, 1.807) is 0 Å². The number of ether oxygens (including phenoxy) is 2. The molecule has 5 heteroatoms. The van der Waals surface area contributed by atoms with E-state index in [1.807, 2.05) is 0 Å². The number of carbonyl (C=O) groups excluding carboxylic acids is 2. The average Bonchev–Trinajstić information content (AvgIpc) is 2.79. The number of rotatable bonds is 4. The lowest BCUT2D eigenvalue weighted by Gasteiger charge is -2.50. The maximum absolute atomic E-state index is 12.3. The minimum atomic E-state index is -0.315. The van der Waals surface area contributed by atoms with Crippen LogP contribution < -0.4 is 5.32 Å². The molecular formula is C18H27NO4. The number of fused-ring (bicyclic) bond motifs is 2. The van der Waals surface area contributed by atoms with E-state index in [1.165, 1.54) is 25.5 Å². The van der Waals surface area contributed by atoms with Gasteiger partial charge in [0.15, 0.2) is 0 Å². The molecule has 3 fully saturated rings. The van der Waals surface area contributed by atoms with E-state index in [-0.39, 0.29) is 41.8 Å². The van der Waals surface area contributed by atoms with Crippen LogP contribution >= 0.6 is 0 Å². The first-order valence-electron chi connectivity index (χ1n) is 8.60. The molecule has 0 bridgehead atoms. The Labute approximate surface area is 137 Å². The molecule has 128 valence electrons. The highest BCUT2D eigenvalue weighted by molar-refractivity contribution is 5.76. The molecular weight excluding hydrogens is 294 g/mol. The fourth-order valence-corrected chi connectivity index (χ4v) is 4.89. The monoisotopic (exact) mass is 321 g/mol. The van der Waals surface area contributed by atoms with Crippen LogP contribution in [0.4, 0.5) is 0 Å². The van der Waals surface area contributed by atoms with Crippen molar-refractivity contribution in [3.63, 3.8) is 0 Å². The van der Waals surface area contributed by atoms with Crippen LogP contribution in [-0.2, 0) is 19.1 Å². The second-order valence-corrected chi connectivity index (χ2v) is 7.61. The van der Waals surface area contributed by atoms with Crippen molar-refractivity contribution >= 4 is 11.9 Å². The molecule has 1 saturated heterocycles. The number of esters is 2. The largest absolute Gasteiger partial charge is 0.468 e. The summed E-state index contributed by atoms with van der Waals surface area (Å²) in [6.45, 7) is 7.23. The summed E-state index contributed by atoms with van der Waals surface area (Å²) in [4.78, 5) is 23.5. The number of hydrogen-bond donors (Lipinski definition) is 1. The number of allylic oxidation sites excluding steroid dienone is 1. The summed E-state index contributed by atoms with van der Waals surface area (Å²) in [5.41, 5.74) is 1.57. The molecule has 0 amide bonds. The van der Waals surface area contributed by atoms with Gasteiger partial charge in [0.2, 0.25) is 0 Å². The van der Waals surface area contributed by atoms with Gasteiger partial charge in [0.25, 0.3) is 0 Å². The first-order chi connectivity index (χ1) is 10.9. The van der Waals surface area contributed by atoms with Gasteiger partial charge >= 0.3 is 11.9 Å². The Morgan fingerprint density at radius 1 is 1.52 bits per heavy atom. The van der Waals surface area contributed by atoms with E-state index < -0.39 is 0 Å². The second-order valence-electron chi connectivity index (χ2n) is 7.61. The number of hydrogen-bond acceptors (Lipinski definition) is 5. The molecule has 5 atom stereocenters. The third-order valence-corrected chi connectivity index (χ3v) is 6.18. The molecule has 5 nitrogen and oxygen atoms in total. The summed E-state index contributed by atoms with van der Waals surface area (Å²) in [5.74, 6) is 0.134. The van der Waals surface area contributed by atoms with E-state index in [0.717, 1.165) is 19.3 Å². The molecule has 1 heterocycles. The first-order valence-corrected chi connectivity index (χ1v) is 8.60. The SMILES string of the molecule is C=C1CCCC2(C)CC3OC(=O)C(CNCC(=O)OC)C3CC12. The second kappa shape index (κ2) is 6.27. The summed E-state index contributed by atoms with van der Waals surface area (Å²) >= 11 is 0. The van der Waals surface area contributed by atoms with Gasteiger partial charge in [0.1, 0.15) is 6.10 Å². The van der Waals surface area contributed by atoms with Gasteiger partial charge in [-0.15, -0.1) is 0 Å². The predicted octanol–water partition coefficient (Wildman–Crippen LogP) is 2.06. The Hall–Kier alpha value is -1.36. The van der Waals surface area contributed by atoms with Crippen LogP contribution in [0.5, 0.6) is 0 Å². The molecule has 5 unspecified atom stereocenters. The lowest BCUT2D eigenvalue weighted by Crippen LogP contribution is -2.45. The highest BCUT2D eigenvalue weighted by atomic mass is 16.6. The standard InChI is InChI=1S/C18H27NO4/c1-11-5-4-6-18(2)8-15-12(7-14(11)18)13(17(21)23-15)9-19-10-16(20)22-3/h12-15,19H,1,4-10H2,2-3H3. The van der Waals surface area contributed by atoms with E-state index in [0.29, 0.717) is 12.5 Å². The molecule has 0 spiro atoms. The molecule has 2 aliphatic carbocycles. The maximum atomic E-state index is 12.3. The van der Waals surface area contributed by atoms with E-state index in [2.05, 4.69) is 23.6 Å². The molecule has 23 heavy (non-hydrogen) atoms. The van der Waals surface area contributed by atoms with Crippen molar-refractivity contribution in [1.29, 1.82) is 0 Å². The first kappa shape index (κ1) is 16.5. The highest BCUT2D eigenvalue weighted by Crippen LogP contribution is 2.56. The number of nitrogens with one attached hydrogen (secondary N) is 1. The van der Waals surface area contributed by atoms with Gasteiger partial charge in [-0.1, -0.05) is 19.1 Å². The van der Waals surface area contributed by atoms with Gasteiger partial charge in [0, 0.05) is 12.5 Å². The molecule has 3 aliphatic rings. The molecule has 1 N–H and O–H groups in total. The molecule has 0 aromatic heterocycles. The third-order valence-electron chi connectivity index (χ3n) is 6.18. The van der Waals surface area contributed by atoms with Crippen LogP contribution in [0.1, 0.15) is 39.0 Å². The fourth-order valence-electron chi connectivity index (χ4n) is 4.89. The van der Waals surface area contributed by atoms with Crippen molar-refractivity contribution in [2.75, 3.05) is 20.2 Å². The highest BCUT2D eigenvalue weighted by Gasteiger charge is 2.54. The minimum Gasteiger partial charge on any atom is -0.468 e. The molecule has 0 aromatic rings. The van der Waals surface area contributed by atoms with E-state index in [9.17, 15) is 9.59 Å². The fraction of sp³-hybridized carbons (Fsp3) is 0.778. The average molecular weight is 321 g/mol. The van der Waals surface area contributed by atoms with Gasteiger partial charge in [-0.25, -0.2) is 0 Å². The van der Waals surface area contributed by atoms with Crippen LogP contribution in [0.25, 0.3) is 0 Å². The van der Waals surface area contributed by atoms with Gasteiger partial charge in [0.05, 0.1) is 19.6 Å². The van der Waals surface area contributed by atoms with E-state index >= 15 is 0 Å². The number of methoxy groups -OCH3 is 1. The van der Waals surface area contributed by atoms with Crippen molar-refractivity contribution in [2.45, 2.75) is 45.1 Å². The lowest BCUT2D eigenvalue weighted by molar-refractivity contribution is -0.146. The lowest BCUT2D eigenvalue weighted by atomic mass is 9.55. The Bertz CT molecular complexity index is 517. The van der Waals surface area contributed by atoms with Crippen molar-refractivity contribution in [3.05, 3.63) is 12.2 Å². The maximum Gasteiger partial charge on any atom is 0.319 e. The van der Waals surface area contributed by atoms with Crippen LogP contribution in [0.3, 0.4) is 0 Å². The molecule has 2 saturated carbocycles. The van der Waals surface area contributed by atoms with Crippen LogP contribution in [-0.4, -0.2) is 38.2 Å².